The number of nitrogens with zero attached hydrogens (tertiary/aromatic N) is 3. The molecule has 2 aromatic rings. The number of rotatable bonds is 1. The number of aromatic nitrogens is 3. The number of hydrogen-bond donors (Lipinski definition) is 0. The van der Waals surface area contributed by atoms with Gasteiger partial charge < -0.3 is 0 Å². The molecule has 2 rings (SSSR count). The second-order valence-corrected chi connectivity index (χ2v) is 4.20. The summed E-state index contributed by atoms with van der Waals surface area (Å²) in [7, 11) is 0. The second kappa shape index (κ2) is 3.03. The molecule has 3 nitrogen and oxygen atoms in total. The highest BCUT2D eigenvalue weighted by molar-refractivity contribution is 7.13. The maximum atomic E-state index is 4.39. The summed E-state index contributed by atoms with van der Waals surface area (Å²) >= 11 is 1.52. The van der Waals surface area contributed by atoms with Crippen LogP contribution in [0.2, 0.25) is 0 Å². The van der Waals surface area contributed by atoms with Gasteiger partial charge in [-0.05, 0) is 29.9 Å². The van der Waals surface area contributed by atoms with Gasteiger partial charge in [0.15, 0.2) is 0 Å². The molecule has 0 unspecified atom stereocenters. The van der Waals surface area contributed by atoms with Crippen molar-refractivity contribution in [1.82, 2.24) is 14.6 Å². The van der Waals surface area contributed by atoms with E-state index in [1.54, 1.807) is 6.20 Å². The van der Waals surface area contributed by atoms with Crippen LogP contribution in [0.1, 0.15) is 31.0 Å². The van der Waals surface area contributed by atoms with Crippen LogP contribution in [-0.2, 0) is 0 Å². The van der Waals surface area contributed by atoms with Crippen LogP contribution in [0.3, 0.4) is 0 Å². The molecule has 0 aliphatic carbocycles. The third-order valence-corrected chi connectivity index (χ3v) is 2.99. The Kier molecular flexibility index (Phi) is 2.00. The van der Waals surface area contributed by atoms with Gasteiger partial charge in [0, 0.05) is 0 Å². The van der Waals surface area contributed by atoms with Gasteiger partial charge in [-0.1, -0.05) is 13.8 Å². The van der Waals surface area contributed by atoms with E-state index in [-0.39, 0.29) is 0 Å². The molecule has 0 amide bonds. The quantitative estimate of drug-likeness (QED) is 0.698. The van der Waals surface area contributed by atoms with Crippen LogP contribution in [0, 0.1) is 6.92 Å². The van der Waals surface area contributed by atoms with Crippen LogP contribution in [0.4, 0.5) is 0 Å². The van der Waals surface area contributed by atoms with Gasteiger partial charge in [0.25, 0.3) is 0 Å². The lowest BCUT2D eigenvalue weighted by atomic mass is 10.1. The molecule has 0 bridgehead atoms. The van der Waals surface area contributed by atoms with Crippen molar-refractivity contribution in [3.63, 3.8) is 0 Å². The third-order valence-electron chi connectivity index (χ3n) is 2.01. The summed E-state index contributed by atoms with van der Waals surface area (Å²) in [6.45, 7) is 6.29. The zero-order chi connectivity index (χ0) is 9.42. The first-order chi connectivity index (χ1) is 6.20. The van der Waals surface area contributed by atoms with Crippen molar-refractivity contribution in [3.05, 3.63) is 17.5 Å². The highest BCUT2D eigenvalue weighted by atomic mass is 32.1. The number of fused-ring (bicyclic) bond motifs is 1. The second-order valence-electron chi connectivity index (χ2n) is 3.43. The fourth-order valence-corrected chi connectivity index (χ4v) is 2.18. The molecule has 0 saturated carbocycles. The van der Waals surface area contributed by atoms with Gasteiger partial charge in [0.1, 0.15) is 5.52 Å². The molecule has 4 heteroatoms. The normalized spacial score (nSPS) is 11.4. The Morgan fingerprint density at radius 2 is 2.15 bits per heavy atom. The molecule has 0 aromatic carbocycles. The minimum absolute atomic E-state index is 0.421. The maximum absolute atomic E-state index is 4.39. The van der Waals surface area contributed by atoms with Crippen molar-refractivity contribution < 1.29 is 0 Å². The predicted molar refractivity (Wildman–Crippen MR) is 54.0 cm³/mol. The first-order valence-corrected chi connectivity index (χ1v) is 5.05. The van der Waals surface area contributed by atoms with E-state index in [9.17, 15) is 0 Å². The van der Waals surface area contributed by atoms with Crippen molar-refractivity contribution in [1.29, 1.82) is 0 Å². The van der Waals surface area contributed by atoms with E-state index in [0.29, 0.717) is 5.92 Å². The number of aryl methyl sites for hydroxylation is 1. The summed E-state index contributed by atoms with van der Waals surface area (Å²) in [6, 6.07) is 0. The molecule has 13 heavy (non-hydrogen) atoms. The first kappa shape index (κ1) is 8.56. The van der Waals surface area contributed by atoms with E-state index in [4.69, 9.17) is 0 Å². The molecule has 68 valence electrons. The summed E-state index contributed by atoms with van der Waals surface area (Å²) in [5.74, 6) is 0.421. The van der Waals surface area contributed by atoms with Crippen LogP contribution in [0.25, 0.3) is 10.2 Å². The minimum Gasteiger partial charge on any atom is -0.194 e. The van der Waals surface area contributed by atoms with E-state index in [2.05, 4.69) is 28.4 Å². The van der Waals surface area contributed by atoms with Gasteiger partial charge in [-0.25, -0.2) is 0 Å². The Morgan fingerprint density at radius 1 is 1.38 bits per heavy atom. The van der Waals surface area contributed by atoms with Crippen LogP contribution in [0.5, 0.6) is 0 Å². The summed E-state index contributed by atoms with van der Waals surface area (Å²) in [4.78, 5) is 0. The van der Waals surface area contributed by atoms with Crippen LogP contribution < -0.4 is 0 Å². The molecule has 0 N–H and O–H groups in total. The molecule has 0 saturated heterocycles. The molecule has 0 radical (unpaired) electrons. The van der Waals surface area contributed by atoms with Gasteiger partial charge in [0.2, 0.25) is 0 Å². The van der Waals surface area contributed by atoms with E-state index in [0.717, 1.165) is 16.8 Å². The highest BCUT2D eigenvalue weighted by Gasteiger charge is 2.12. The Balaban J connectivity index is 2.75. The third kappa shape index (κ3) is 1.31. The fraction of sp³-hybridized carbons (Fsp3) is 0.444. The molecule has 0 aliphatic rings. The molecule has 0 atom stereocenters. The van der Waals surface area contributed by atoms with Gasteiger partial charge >= 0.3 is 0 Å². The topological polar surface area (TPSA) is 38.7 Å². The van der Waals surface area contributed by atoms with Gasteiger partial charge in [-0.2, -0.15) is 9.47 Å². The van der Waals surface area contributed by atoms with Gasteiger partial charge in [0.05, 0.1) is 16.6 Å². The molecular formula is C9H11N3S. The van der Waals surface area contributed by atoms with Crippen LogP contribution in [0.15, 0.2) is 6.20 Å². The van der Waals surface area contributed by atoms with Crippen molar-refractivity contribution >= 4 is 21.7 Å². The molecule has 2 aromatic heterocycles. The average Bonchev–Trinajstić information content (AvgIpc) is 2.48. The zero-order valence-corrected chi connectivity index (χ0v) is 8.72. The zero-order valence-electron chi connectivity index (χ0n) is 7.90. The summed E-state index contributed by atoms with van der Waals surface area (Å²) in [5, 5.41) is 8.07. The monoisotopic (exact) mass is 193 g/mol. The molecule has 2 heterocycles. The smallest absolute Gasteiger partial charge is 0.127 e. The van der Waals surface area contributed by atoms with E-state index < -0.39 is 0 Å². The van der Waals surface area contributed by atoms with Crippen LogP contribution in [-0.4, -0.2) is 14.6 Å². The lowest BCUT2D eigenvalue weighted by Crippen LogP contribution is -1.91. The lowest BCUT2D eigenvalue weighted by molar-refractivity contribution is 0.842. The number of hydrogen-bond acceptors (Lipinski definition) is 4. The Morgan fingerprint density at radius 3 is 2.85 bits per heavy atom. The van der Waals surface area contributed by atoms with E-state index in [1.807, 2.05) is 6.92 Å². The van der Waals surface area contributed by atoms with Crippen molar-refractivity contribution in [3.8, 4) is 0 Å². The van der Waals surface area contributed by atoms with Crippen molar-refractivity contribution in [2.75, 3.05) is 0 Å². The van der Waals surface area contributed by atoms with Gasteiger partial charge in [-0.3, -0.25) is 0 Å². The van der Waals surface area contributed by atoms with E-state index in [1.165, 1.54) is 16.2 Å². The highest BCUT2D eigenvalue weighted by Crippen LogP contribution is 2.27. The largest absolute Gasteiger partial charge is 0.194 e. The Hall–Kier alpha value is -1.03. The first-order valence-electron chi connectivity index (χ1n) is 4.27. The molecule has 0 aliphatic heterocycles. The summed E-state index contributed by atoms with van der Waals surface area (Å²) in [5.41, 5.74) is 3.20. The Bertz CT molecular complexity index is 433. The predicted octanol–water partition coefficient (Wildman–Crippen LogP) is 2.52. The lowest BCUT2D eigenvalue weighted by Gasteiger charge is -1.98. The molecular weight excluding hydrogens is 182 g/mol. The average molecular weight is 193 g/mol. The Labute approximate surface area is 81.0 Å². The molecule has 0 fully saturated rings. The maximum Gasteiger partial charge on any atom is 0.127 e. The summed E-state index contributed by atoms with van der Waals surface area (Å²) in [6.07, 6.45) is 1.78. The van der Waals surface area contributed by atoms with Gasteiger partial charge in [-0.15, -0.1) is 5.10 Å². The molecule has 0 spiro atoms. The standard InChI is InChI=1S/C9H11N3S/c1-5(2)7-8-9(13-12-7)6(3)4-10-11-8/h4-5H,1-3H3. The van der Waals surface area contributed by atoms with E-state index >= 15 is 0 Å². The van der Waals surface area contributed by atoms with Crippen molar-refractivity contribution in [2.24, 2.45) is 0 Å². The van der Waals surface area contributed by atoms with Crippen molar-refractivity contribution in [2.45, 2.75) is 26.7 Å². The fourth-order valence-electron chi connectivity index (χ4n) is 1.26. The minimum atomic E-state index is 0.421. The van der Waals surface area contributed by atoms with Crippen LogP contribution >= 0.6 is 11.5 Å². The SMILES string of the molecule is Cc1cnnc2c(C(C)C)nsc12. The summed E-state index contributed by atoms with van der Waals surface area (Å²) < 4.78 is 5.56.